The average Bonchev–Trinajstić information content (AvgIpc) is 3.88. The molecule has 6 aromatic carbocycles. The minimum Gasteiger partial charge on any atom is -1.00 e. The van der Waals surface area contributed by atoms with Gasteiger partial charge in [-0.25, -0.2) is 9.98 Å². The second kappa shape index (κ2) is 20.2. The van der Waals surface area contributed by atoms with Gasteiger partial charge in [0, 0.05) is 22.3 Å². The number of halogens is 2. The molecule has 0 fully saturated rings. The van der Waals surface area contributed by atoms with Gasteiger partial charge in [0.2, 0.25) is 0 Å². The summed E-state index contributed by atoms with van der Waals surface area (Å²) in [4.78, 5) is 10.5. The second-order valence-corrected chi connectivity index (χ2v) is 13.3. The van der Waals surface area contributed by atoms with E-state index < -0.39 is 12.2 Å². The number of ether oxygens (including phenoxy) is 6. The maximum atomic E-state index is 6.78. The molecule has 300 valence electrons. The van der Waals surface area contributed by atoms with Crippen molar-refractivity contribution in [3.63, 3.8) is 0 Å². The van der Waals surface area contributed by atoms with Crippen molar-refractivity contribution in [3.8, 4) is 45.3 Å². The molecule has 0 saturated carbocycles. The van der Waals surface area contributed by atoms with Gasteiger partial charge in [0.25, 0.3) is 0 Å². The largest absolute Gasteiger partial charge is 2.00 e. The summed E-state index contributed by atoms with van der Waals surface area (Å²) in [5.41, 5.74) is 7.87. The number of para-hydroxylation sites is 4. The van der Waals surface area contributed by atoms with Crippen LogP contribution in [0.25, 0.3) is 22.3 Å². The van der Waals surface area contributed by atoms with Gasteiger partial charge in [-0.1, -0.05) is 109 Å². The molecule has 6 aromatic rings. The van der Waals surface area contributed by atoms with E-state index in [2.05, 4.69) is 60.7 Å². The van der Waals surface area contributed by atoms with Crippen LogP contribution in [0.1, 0.15) is 53.0 Å². The van der Waals surface area contributed by atoms with Gasteiger partial charge in [0.05, 0.1) is 34.9 Å². The third-order valence-corrected chi connectivity index (χ3v) is 10.2. The van der Waals surface area contributed by atoms with Crippen LogP contribution in [0.5, 0.6) is 23.0 Å². The zero-order chi connectivity index (χ0) is 37.7. The van der Waals surface area contributed by atoms with Crippen LogP contribution in [-0.4, -0.2) is 40.2 Å². The van der Waals surface area contributed by atoms with Crippen LogP contribution in [-0.2, 0) is 29.9 Å². The summed E-state index contributed by atoms with van der Waals surface area (Å²) in [5.74, 6) is 4.13. The van der Waals surface area contributed by atoms with Crippen LogP contribution in [0, 0.1) is 0 Å². The van der Waals surface area contributed by atoms with Crippen molar-refractivity contribution in [1.82, 2.24) is 0 Å². The van der Waals surface area contributed by atoms with Crippen molar-refractivity contribution in [2.24, 2.45) is 9.98 Å². The van der Waals surface area contributed by atoms with Crippen LogP contribution in [0.15, 0.2) is 156 Å². The number of methoxy groups -OCH3 is 4. The summed E-state index contributed by atoms with van der Waals surface area (Å²) in [6, 6.07) is 48.0. The molecule has 2 heterocycles. The van der Waals surface area contributed by atoms with E-state index in [0.29, 0.717) is 11.8 Å². The molecular weight excluding hydrogens is 955 g/mol. The summed E-state index contributed by atoms with van der Waals surface area (Å²) >= 11 is 0. The van der Waals surface area contributed by atoms with Crippen LogP contribution in [0.3, 0.4) is 0 Å². The molecule has 11 heteroatoms. The predicted octanol–water partition coefficient (Wildman–Crippen LogP) is 4.57. The molecule has 0 radical (unpaired) electrons. The molecule has 8 nitrogen and oxygen atoms in total. The van der Waals surface area contributed by atoms with Crippen molar-refractivity contribution in [2.45, 2.75) is 30.7 Å². The van der Waals surface area contributed by atoms with Gasteiger partial charge in [-0.05, 0) is 58.7 Å². The molecular formula is C47H42Br2N2O6Pd. The van der Waals surface area contributed by atoms with Crippen molar-refractivity contribution < 1.29 is 82.8 Å². The first-order chi connectivity index (χ1) is 27.1. The third-order valence-electron chi connectivity index (χ3n) is 10.2. The molecule has 0 N–H and O–H groups in total. The minimum atomic E-state index is -0.445. The Morgan fingerprint density at radius 1 is 0.448 bits per heavy atom. The average molecular weight is 997 g/mol. The monoisotopic (exact) mass is 994 g/mol. The Morgan fingerprint density at radius 3 is 1.21 bits per heavy atom. The molecule has 4 atom stereocenters. The zero-order valence-corrected chi connectivity index (χ0v) is 37.0. The van der Waals surface area contributed by atoms with E-state index in [1.165, 1.54) is 0 Å². The molecule has 2 aliphatic rings. The van der Waals surface area contributed by atoms with Gasteiger partial charge in [-0.2, -0.15) is 0 Å². The van der Waals surface area contributed by atoms with E-state index in [1.54, 1.807) is 28.4 Å². The normalized spacial score (nSPS) is 17.8. The van der Waals surface area contributed by atoms with Gasteiger partial charge in [-0.15, -0.1) is 0 Å². The minimum absolute atomic E-state index is 0. The first kappa shape index (κ1) is 44.2. The summed E-state index contributed by atoms with van der Waals surface area (Å²) < 4.78 is 36.6. The maximum absolute atomic E-state index is 6.78. The van der Waals surface area contributed by atoms with E-state index in [-0.39, 0.29) is 72.9 Å². The van der Waals surface area contributed by atoms with Gasteiger partial charge in [-0.3, -0.25) is 0 Å². The van der Waals surface area contributed by atoms with Crippen LogP contribution in [0.2, 0.25) is 0 Å². The van der Waals surface area contributed by atoms with E-state index in [1.807, 2.05) is 84.9 Å². The summed E-state index contributed by atoms with van der Waals surface area (Å²) in [6.45, 7) is 0. The Kier molecular flexibility index (Phi) is 15.4. The molecule has 58 heavy (non-hydrogen) atoms. The van der Waals surface area contributed by atoms with Crippen molar-refractivity contribution >= 4 is 11.8 Å². The molecule has 0 amide bonds. The summed E-state index contributed by atoms with van der Waals surface area (Å²) in [7, 11) is 6.73. The van der Waals surface area contributed by atoms with Crippen LogP contribution in [0.4, 0.5) is 0 Å². The first-order valence-corrected chi connectivity index (χ1v) is 18.3. The standard InChI is InChI=1S/C47H42N2O6.2BrH.Pd/c1-50-38-23-9-5-19-34(38)30-15-13-17-32(27-30)44-46(36-21-7-11-25-40(36)52-3)54-42(48-44)29-43-49-45(47(55-43)37-22-8-12-26-41(37)53-4)33-18-14-16-31(28-33)35-20-6-10-24-39(35)51-2;;;/h5-28,44-47H,29H2,1-4H3;2*1H;/q;;;+2/p-2/t44-,45-,46?,47?;;;/m1.../s1. The van der Waals surface area contributed by atoms with E-state index in [4.69, 9.17) is 38.4 Å². The van der Waals surface area contributed by atoms with Gasteiger partial charge in [0.15, 0.2) is 24.0 Å². The number of hydrogen-bond donors (Lipinski definition) is 0. The molecule has 0 aliphatic carbocycles. The molecule has 0 saturated heterocycles. The topological polar surface area (TPSA) is 80.1 Å². The summed E-state index contributed by atoms with van der Waals surface area (Å²) in [6.07, 6.45) is -0.623. The number of aliphatic imine (C=N–C) groups is 2. The molecule has 2 aliphatic heterocycles. The summed E-state index contributed by atoms with van der Waals surface area (Å²) in [5, 5.41) is 0. The Hall–Kier alpha value is -4.92. The maximum Gasteiger partial charge on any atom is 2.00 e. The molecule has 0 aromatic heterocycles. The molecule has 0 spiro atoms. The predicted molar refractivity (Wildman–Crippen MR) is 215 cm³/mol. The fourth-order valence-corrected chi connectivity index (χ4v) is 7.55. The first-order valence-electron chi connectivity index (χ1n) is 18.3. The van der Waals surface area contributed by atoms with E-state index >= 15 is 0 Å². The van der Waals surface area contributed by atoms with Crippen molar-refractivity contribution in [2.75, 3.05) is 28.4 Å². The van der Waals surface area contributed by atoms with Crippen LogP contribution >= 0.6 is 0 Å². The third kappa shape index (κ3) is 9.04. The quantitative estimate of drug-likeness (QED) is 0.168. The fourth-order valence-electron chi connectivity index (χ4n) is 7.55. The van der Waals surface area contributed by atoms with Crippen molar-refractivity contribution in [1.29, 1.82) is 0 Å². The number of hydrogen-bond acceptors (Lipinski definition) is 8. The number of rotatable bonds is 12. The Balaban J connectivity index is 0.00000214. The van der Waals surface area contributed by atoms with E-state index in [9.17, 15) is 0 Å². The van der Waals surface area contributed by atoms with E-state index in [0.717, 1.165) is 67.5 Å². The Morgan fingerprint density at radius 2 is 0.810 bits per heavy atom. The van der Waals surface area contributed by atoms with Gasteiger partial charge < -0.3 is 62.4 Å². The number of benzene rings is 6. The second-order valence-electron chi connectivity index (χ2n) is 13.3. The van der Waals surface area contributed by atoms with Crippen LogP contribution < -0.4 is 52.9 Å². The molecule has 8 rings (SSSR count). The Labute approximate surface area is 374 Å². The zero-order valence-electron chi connectivity index (χ0n) is 32.3. The number of nitrogens with zero attached hydrogens (tertiary/aromatic N) is 2. The molecule has 2 unspecified atom stereocenters. The van der Waals surface area contributed by atoms with Gasteiger partial charge in [0.1, 0.15) is 35.1 Å². The fraction of sp³-hybridized carbons (Fsp3) is 0.191. The molecule has 0 bridgehead atoms. The SMILES string of the molecule is COc1ccccc1-c1cccc([C@H]2N=C(CC3=N[C@H](c4cccc(-c5ccccc5OC)c4)C(c4ccccc4OC)O3)OC2c2ccccc2OC)c1.[Br-].[Br-].[Pd+2]. The Bertz CT molecular complexity index is 2230. The van der Waals surface area contributed by atoms with Gasteiger partial charge >= 0.3 is 20.4 Å². The van der Waals surface area contributed by atoms with Crippen molar-refractivity contribution in [3.05, 3.63) is 168 Å². The smallest absolute Gasteiger partial charge is 1.00 e.